The summed E-state index contributed by atoms with van der Waals surface area (Å²) < 4.78 is 0. The van der Waals surface area contributed by atoms with Gasteiger partial charge >= 0.3 is 35.8 Å². The average Bonchev–Trinajstić information content (AvgIpc) is 3.15. The van der Waals surface area contributed by atoms with Crippen LogP contribution in [0.5, 0.6) is 5.75 Å². The van der Waals surface area contributed by atoms with Crippen molar-refractivity contribution in [1.82, 2.24) is 31.9 Å². The predicted molar refractivity (Wildman–Crippen MR) is 203 cm³/mol. The molecule has 0 spiro atoms. The van der Waals surface area contributed by atoms with Gasteiger partial charge in [0.05, 0.1) is 38.1 Å². The minimum absolute atomic E-state index is 0.109. The number of aliphatic carboxylic acids is 6. The van der Waals surface area contributed by atoms with Gasteiger partial charge in [0.25, 0.3) is 0 Å². The molecule has 0 aromatic heterocycles. The van der Waals surface area contributed by atoms with Gasteiger partial charge in [0, 0.05) is 6.42 Å². The second-order valence-electron chi connectivity index (χ2n) is 13.5. The van der Waals surface area contributed by atoms with Gasteiger partial charge in [0.2, 0.25) is 35.4 Å². The summed E-state index contributed by atoms with van der Waals surface area (Å²) in [4.78, 5) is 148. The van der Waals surface area contributed by atoms with Gasteiger partial charge in [-0.3, -0.25) is 52.7 Å². The SMILES string of the molecule is NCCCCC(NC(=O)C(Cc1ccc(O)cc1)NC(=O)C(N)CC(=O)O)C(=O)NC(CC(=O)O)C(=O)NC(CC(=O)O)C(=O)NC(CC(=O)O)C(=O)NC(CC(=O)O)C(=O)O. The van der Waals surface area contributed by atoms with Crippen molar-refractivity contribution in [2.75, 3.05) is 6.54 Å². The molecule has 0 aliphatic carbocycles. The summed E-state index contributed by atoms with van der Waals surface area (Å²) in [6.45, 7) is 0.109. The van der Waals surface area contributed by atoms with Gasteiger partial charge in [0.15, 0.2) is 0 Å². The first-order valence-electron chi connectivity index (χ1n) is 18.3. The van der Waals surface area contributed by atoms with E-state index in [4.69, 9.17) is 21.7 Å². The Morgan fingerprint density at radius 3 is 1.18 bits per heavy atom. The average molecular weight is 885 g/mol. The molecule has 0 aliphatic heterocycles. The minimum Gasteiger partial charge on any atom is -0.508 e. The van der Waals surface area contributed by atoms with Gasteiger partial charge in [-0.25, -0.2) is 4.79 Å². The van der Waals surface area contributed by atoms with E-state index in [-0.39, 0.29) is 38.0 Å². The Balaban J connectivity index is 3.45. The molecule has 0 bridgehead atoms. The molecule has 27 nitrogen and oxygen atoms in total. The number of nitrogens with one attached hydrogen (secondary N) is 6. The fraction of sp³-hybridized carbons (Fsp3) is 0.486. The van der Waals surface area contributed by atoms with Crippen LogP contribution in [-0.4, -0.2) is 156 Å². The van der Waals surface area contributed by atoms with E-state index in [1.165, 1.54) is 24.3 Å². The molecule has 17 N–H and O–H groups in total. The number of nitrogens with two attached hydrogens (primary N) is 2. The first-order valence-corrected chi connectivity index (χ1v) is 18.3. The van der Waals surface area contributed by atoms with Gasteiger partial charge in [-0.15, -0.1) is 0 Å². The lowest BCUT2D eigenvalue weighted by Gasteiger charge is -2.27. The zero-order chi connectivity index (χ0) is 47.3. The van der Waals surface area contributed by atoms with Crippen molar-refractivity contribution >= 4 is 71.3 Å². The Kier molecular flexibility index (Phi) is 22.0. The normalized spacial score (nSPS) is 14.1. The largest absolute Gasteiger partial charge is 0.508 e. The molecule has 0 saturated heterocycles. The second kappa shape index (κ2) is 25.9. The molecule has 0 saturated carbocycles. The number of phenols is 1. The highest BCUT2D eigenvalue weighted by atomic mass is 16.4. The van der Waals surface area contributed by atoms with Crippen LogP contribution in [-0.2, 0) is 64.0 Å². The second-order valence-corrected chi connectivity index (χ2v) is 13.5. The predicted octanol–water partition coefficient (Wildman–Crippen LogP) is -5.24. The third kappa shape index (κ3) is 20.0. The number of hydrogen-bond acceptors (Lipinski definition) is 15. The first-order chi connectivity index (χ1) is 28.9. The van der Waals surface area contributed by atoms with Gasteiger partial charge < -0.3 is 79.1 Å². The van der Waals surface area contributed by atoms with E-state index in [0.717, 1.165) is 0 Å². The Hall–Kier alpha value is -7.42. The number of benzene rings is 1. The van der Waals surface area contributed by atoms with Crippen LogP contribution in [0.3, 0.4) is 0 Å². The van der Waals surface area contributed by atoms with Gasteiger partial charge in [-0.2, -0.15) is 0 Å². The van der Waals surface area contributed by atoms with Crippen molar-refractivity contribution in [3.63, 3.8) is 0 Å². The smallest absolute Gasteiger partial charge is 0.326 e. The quantitative estimate of drug-likeness (QED) is 0.0334. The summed E-state index contributed by atoms with van der Waals surface area (Å²) in [6, 6.07) is -8.17. The number of carbonyl (C=O) groups is 12. The summed E-state index contributed by atoms with van der Waals surface area (Å²) in [7, 11) is 0. The van der Waals surface area contributed by atoms with Gasteiger partial charge in [-0.05, 0) is 43.5 Å². The number of carbonyl (C=O) groups excluding carboxylic acids is 6. The van der Waals surface area contributed by atoms with E-state index in [0.29, 0.717) is 5.56 Å². The van der Waals surface area contributed by atoms with Crippen LogP contribution in [0.2, 0.25) is 0 Å². The Bertz CT molecular complexity index is 1840. The summed E-state index contributed by atoms with van der Waals surface area (Å²) in [6.07, 6.45) is -5.91. The fourth-order valence-corrected chi connectivity index (χ4v) is 5.29. The monoisotopic (exact) mass is 884 g/mol. The highest BCUT2D eigenvalue weighted by Gasteiger charge is 2.36. The van der Waals surface area contributed by atoms with E-state index in [1.54, 1.807) is 5.32 Å². The molecule has 0 fully saturated rings. The molecular formula is C35H48N8O19. The zero-order valence-electron chi connectivity index (χ0n) is 32.6. The lowest BCUT2D eigenvalue weighted by molar-refractivity contribution is -0.148. The maximum atomic E-state index is 13.7. The lowest BCUT2D eigenvalue weighted by Crippen LogP contribution is -2.60. The van der Waals surface area contributed by atoms with Crippen LogP contribution in [0.4, 0.5) is 0 Å². The Labute approximate surface area is 349 Å². The Morgan fingerprint density at radius 1 is 0.452 bits per heavy atom. The molecule has 27 heteroatoms. The highest BCUT2D eigenvalue weighted by molar-refractivity contribution is 5.99. The summed E-state index contributed by atoms with van der Waals surface area (Å²) >= 11 is 0. The molecule has 62 heavy (non-hydrogen) atoms. The van der Waals surface area contributed by atoms with E-state index < -0.39 is 146 Å². The number of unbranched alkanes of at least 4 members (excludes halogenated alkanes) is 1. The summed E-state index contributed by atoms with van der Waals surface area (Å²) in [5, 5.41) is 77.3. The minimum atomic E-state index is -2.23. The molecule has 7 atom stereocenters. The fourth-order valence-electron chi connectivity index (χ4n) is 5.29. The number of carboxylic acid groups (broad SMARTS) is 6. The molecule has 0 heterocycles. The molecule has 342 valence electrons. The van der Waals surface area contributed by atoms with E-state index in [2.05, 4.69) is 16.0 Å². The number of amides is 6. The maximum absolute atomic E-state index is 13.7. The lowest BCUT2D eigenvalue weighted by atomic mass is 10.0. The van der Waals surface area contributed by atoms with Crippen LogP contribution < -0.4 is 43.4 Å². The summed E-state index contributed by atoms with van der Waals surface area (Å²) in [5.74, 6) is -18.4. The van der Waals surface area contributed by atoms with Crippen molar-refractivity contribution in [3.05, 3.63) is 29.8 Å². The number of phenolic OH excluding ortho intramolecular Hbond substituents is 1. The molecule has 0 radical (unpaired) electrons. The van der Waals surface area contributed by atoms with Crippen molar-refractivity contribution in [3.8, 4) is 5.75 Å². The molecular weight excluding hydrogens is 836 g/mol. The van der Waals surface area contributed by atoms with E-state index in [1.807, 2.05) is 10.6 Å². The molecule has 0 aliphatic rings. The molecule has 1 aromatic carbocycles. The number of hydrogen-bond donors (Lipinski definition) is 15. The van der Waals surface area contributed by atoms with Crippen LogP contribution in [0.1, 0.15) is 56.9 Å². The van der Waals surface area contributed by atoms with Crippen LogP contribution >= 0.6 is 0 Å². The number of rotatable bonds is 29. The molecule has 1 aromatic rings. The van der Waals surface area contributed by atoms with Gasteiger partial charge in [-0.1, -0.05) is 12.1 Å². The standard InChI is InChI=1S/C35H48N8O19/c36-8-2-1-3-18(38-31(57)19(9-15-4-6-16(44)7-5-15)39-29(55)17(37)10-24(45)46)30(56)40-20(11-25(47)48)32(58)41-21(12-26(49)50)33(59)42-22(13-27(51)52)34(60)43-23(35(61)62)14-28(53)54/h4-7,17-23,44H,1-3,8-14,36-37H2,(H,38,57)(H,39,55)(H,40,56)(H,41,58)(H,42,59)(H,43,60)(H,45,46)(H,47,48)(H,49,50)(H,51,52)(H,53,54)(H,61,62). The van der Waals surface area contributed by atoms with Crippen LogP contribution in [0.25, 0.3) is 0 Å². The van der Waals surface area contributed by atoms with Crippen molar-refractivity contribution in [1.29, 1.82) is 0 Å². The van der Waals surface area contributed by atoms with E-state index in [9.17, 15) is 83.1 Å². The van der Waals surface area contributed by atoms with Crippen LogP contribution in [0.15, 0.2) is 24.3 Å². The molecule has 1 rings (SSSR count). The topological polar surface area (TPSA) is 471 Å². The first kappa shape index (κ1) is 52.6. The van der Waals surface area contributed by atoms with E-state index >= 15 is 0 Å². The van der Waals surface area contributed by atoms with Crippen LogP contribution in [0, 0.1) is 0 Å². The number of aromatic hydroxyl groups is 1. The van der Waals surface area contributed by atoms with Crippen molar-refractivity contribution in [2.45, 2.75) is 100 Å². The van der Waals surface area contributed by atoms with Crippen molar-refractivity contribution in [2.24, 2.45) is 11.5 Å². The van der Waals surface area contributed by atoms with Gasteiger partial charge in [0.1, 0.15) is 42.0 Å². The molecule has 6 amide bonds. The zero-order valence-corrected chi connectivity index (χ0v) is 32.6. The van der Waals surface area contributed by atoms with Crippen molar-refractivity contribution < 1.29 is 93.3 Å². The third-order valence-corrected chi connectivity index (χ3v) is 8.35. The molecule has 7 unspecified atom stereocenters. The maximum Gasteiger partial charge on any atom is 0.326 e. The third-order valence-electron chi connectivity index (χ3n) is 8.35. The highest BCUT2D eigenvalue weighted by Crippen LogP contribution is 2.13. The summed E-state index contributed by atoms with van der Waals surface area (Å²) in [5.41, 5.74) is 11.6. The Morgan fingerprint density at radius 2 is 0.790 bits per heavy atom. The number of carboxylic acids is 6.